The van der Waals surface area contributed by atoms with E-state index >= 15 is 0 Å². The summed E-state index contributed by atoms with van der Waals surface area (Å²) in [5.74, 6) is 0.000597. The van der Waals surface area contributed by atoms with Crippen LogP contribution in [0.15, 0.2) is 11.6 Å². The van der Waals surface area contributed by atoms with E-state index in [1.54, 1.807) is 0 Å². The Hall–Kier alpha value is -0.320. The molecule has 0 radical (unpaired) electrons. The average molecular weight is 883 g/mol. The smallest absolute Gasteiger partial charge is 0.726 e. The van der Waals surface area contributed by atoms with E-state index in [0.29, 0.717) is 38.0 Å². The van der Waals surface area contributed by atoms with Gasteiger partial charge in [-0.25, -0.2) is 8.42 Å². The quantitative estimate of drug-likeness (QED) is 0.0399. The fraction of sp³-hybridized carbons (Fsp3) is 0.929. The third kappa shape index (κ3) is 7.85. The molecule has 0 aromatic carbocycles. The minimum atomic E-state index is -5.28. The van der Waals surface area contributed by atoms with E-state index in [9.17, 15) is 48.4 Å². The Labute approximate surface area is 376 Å². The summed E-state index contributed by atoms with van der Waals surface area (Å²) in [7, 11) is -5.28. The van der Waals surface area contributed by atoms with Crippen LogP contribution in [0, 0.1) is 39.4 Å². The van der Waals surface area contributed by atoms with E-state index in [-0.39, 0.29) is 47.8 Å². The van der Waals surface area contributed by atoms with Gasteiger partial charge in [-0.1, -0.05) is 59.6 Å². The number of ether oxygens (including phenoxy) is 5. The van der Waals surface area contributed by atoms with Gasteiger partial charge in [0, 0.05) is 0 Å². The number of hydrogen-bond donors (Lipinski definition) is 6. The van der Waals surface area contributed by atoms with Crippen LogP contribution in [0.3, 0.4) is 0 Å². The predicted octanol–water partition coefficient (Wildman–Crippen LogP) is -0.646. The normalized spacial score (nSPS) is 50.0. The molecule has 18 atom stereocenters. The Bertz CT molecular complexity index is 1750. The number of esters is 1. The largest absolute Gasteiger partial charge is 1.00 e. The summed E-state index contributed by atoms with van der Waals surface area (Å²) in [5, 5.41) is 67.4. The van der Waals surface area contributed by atoms with E-state index in [1.165, 1.54) is 6.92 Å². The maximum absolute atomic E-state index is 14.5. The van der Waals surface area contributed by atoms with Gasteiger partial charge in [0.2, 0.25) is 10.4 Å². The number of aliphatic hydroxyl groups excluding tert-OH is 5. The van der Waals surface area contributed by atoms with Crippen molar-refractivity contribution in [1.82, 2.24) is 0 Å². The van der Waals surface area contributed by atoms with Gasteiger partial charge in [-0.2, -0.15) is 0 Å². The summed E-state index contributed by atoms with van der Waals surface area (Å²) in [4.78, 5) is 14.5. The van der Waals surface area contributed by atoms with E-state index in [4.69, 9.17) is 23.7 Å². The van der Waals surface area contributed by atoms with E-state index in [1.807, 2.05) is 13.0 Å². The molecule has 7 aliphatic rings. The molecule has 3 heterocycles. The molecular formula is C42H67NaO16S. The first-order valence-electron chi connectivity index (χ1n) is 21.5. The molecule has 3 saturated heterocycles. The van der Waals surface area contributed by atoms with E-state index in [2.05, 4.69) is 45.7 Å². The molecule has 3 saturated carbocycles. The van der Waals surface area contributed by atoms with Gasteiger partial charge >= 0.3 is 35.5 Å². The molecule has 7 rings (SSSR count). The molecule has 6 fully saturated rings. The molecule has 18 heteroatoms. The molecule has 338 valence electrons. The molecule has 4 aliphatic carbocycles. The Morgan fingerprint density at radius 1 is 0.917 bits per heavy atom. The number of aliphatic hydroxyl groups is 6. The van der Waals surface area contributed by atoms with E-state index < -0.39 is 123 Å². The molecule has 3 aliphatic heterocycles. The zero-order valence-corrected chi connectivity index (χ0v) is 39.4. The SMILES string of the molecule is CC(C)CCC[C@]1(C)OC(=O)C23C[C@]1(O)CC[C@@]2(C)C1CCC2C(C)(C)[C@@H](OC4OCC(OS(=O)(=O)[O-])C(O)C4OC4OC(C)C(O)C(O)C4O)CC[C@]2(C)C1=C[C@@H]3O.[Na+]. The molecular weight excluding hydrogens is 816 g/mol. The number of cyclic esters (lactones) is 1. The fourth-order valence-electron chi connectivity index (χ4n) is 12.9. The molecule has 2 bridgehead atoms. The summed E-state index contributed by atoms with van der Waals surface area (Å²) in [5.41, 5.74) is -4.18. The third-order valence-electron chi connectivity index (χ3n) is 16.6. The molecule has 6 N–H and O–H groups in total. The van der Waals surface area contributed by atoms with Crippen LogP contribution in [-0.4, -0.2) is 135 Å². The number of carbonyl (C=O) groups is 1. The summed E-state index contributed by atoms with van der Waals surface area (Å²) in [6.07, 6.45) is -7.67. The summed E-state index contributed by atoms with van der Waals surface area (Å²) in [6.45, 7) is 15.5. The molecule has 0 aromatic rings. The number of allylic oxidation sites excluding steroid dienone is 1. The first kappa shape index (κ1) is 49.1. The van der Waals surface area contributed by atoms with Crippen LogP contribution >= 0.6 is 0 Å². The van der Waals surface area contributed by atoms with Crippen molar-refractivity contribution < 1.29 is 106 Å². The second-order valence-corrected chi connectivity index (χ2v) is 21.7. The van der Waals surface area contributed by atoms with Gasteiger partial charge in [-0.15, -0.1) is 0 Å². The summed E-state index contributed by atoms with van der Waals surface area (Å²) in [6, 6.07) is 0. The van der Waals surface area contributed by atoms with Crippen molar-refractivity contribution in [3.63, 3.8) is 0 Å². The Balaban J connectivity index is 0.00000604. The maximum Gasteiger partial charge on any atom is 1.00 e. The topological polar surface area (TPSA) is 251 Å². The van der Waals surface area contributed by atoms with Gasteiger partial charge in [0.25, 0.3) is 0 Å². The van der Waals surface area contributed by atoms with E-state index in [0.717, 1.165) is 31.3 Å². The van der Waals surface area contributed by atoms with Crippen molar-refractivity contribution in [3.05, 3.63) is 11.6 Å². The second-order valence-electron chi connectivity index (χ2n) is 20.7. The van der Waals surface area contributed by atoms with Crippen LogP contribution in [-0.2, 0) is 43.1 Å². The van der Waals surface area contributed by atoms with Crippen LogP contribution in [0.25, 0.3) is 0 Å². The Morgan fingerprint density at radius 2 is 1.60 bits per heavy atom. The van der Waals surface area contributed by atoms with Crippen molar-refractivity contribution in [2.75, 3.05) is 6.61 Å². The number of fused-ring (bicyclic) bond motifs is 5. The minimum Gasteiger partial charge on any atom is -0.726 e. The first-order valence-corrected chi connectivity index (χ1v) is 22.9. The predicted molar refractivity (Wildman–Crippen MR) is 206 cm³/mol. The van der Waals surface area contributed by atoms with Crippen LogP contribution in [0.2, 0.25) is 0 Å². The Kier molecular flexibility index (Phi) is 13.8. The summed E-state index contributed by atoms with van der Waals surface area (Å²) < 4.78 is 69.7. The third-order valence-corrected chi connectivity index (χ3v) is 17.1. The van der Waals surface area contributed by atoms with Gasteiger partial charge in [-0.3, -0.25) is 8.98 Å². The summed E-state index contributed by atoms with van der Waals surface area (Å²) >= 11 is 0. The fourth-order valence-corrected chi connectivity index (χ4v) is 13.4. The maximum atomic E-state index is 14.5. The molecule has 0 amide bonds. The van der Waals surface area contributed by atoms with Crippen LogP contribution in [0.1, 0.15) is 120 Å². The Morgan fingerprint density at radius 3 is 2.25 bits per heavy atom. The van der Waals surface area contributed by atoms with Gasteiger partial charge in [0.05, 0.1) is 24.9 Å². The van der Waals surface area contributed by atoms with Crippen LogP contribution in [0.4, 0.5) is 0 Å². The monoisotopic (exact) mass is 882 g/mol. The zero-order valence-electron chi connectivity index (χ0n) is 36.6. The molecule has 0 aromatic heterocycles. The second kappa shape index (κ2) is 16.8. The van der Waals surface area contributed by atoms with Gasteiger partial charge < -0.3 is 58.9 Å². The van der Waals surface area contributed by atoms with Crippen molar-refractivity contribution in [2.24, 2.45) is 39.4 Å². The van der Waals surface area contributed by atoms with Gasteiger partial charge in [0.1, 0.15) is 53.2 Å². The van der Waals surface area contributed by atoms with Crippen molar-refractivity contribution >= 4 is 16.4 Å². The van der Waals surface area contributed by atoms with Crippen molar-refractivity contribution in [2.45, 2.75) is 198 Å². The minimum absolute atomic E-state index is 0. The molecule has 1 spiro atoms. The van der Waals surface area contributed by atoms with Gasteiger partial charge in [0.15, 0.2) is 12.6 Å². The standard InChI is InChI=1S/C42H68O16S.Na/c1-21(2)10-9-14-40(8)41(49)17-16-39(7)23-11-12-26-37(4,5)28(13-15-38(26,6)24(23)18-27(43)42(39,20-41)36(48)57-40)55-35-33(30(45)25(19-53-35)58-59(50,51)52)56-34-32(47)31(46)29(44)22(3)54-34;/h18,21-23,25-35,43-47,49H,9-17,19-20H2,1-8H3,(H,50,51,52);/q;+1/p-1/t22?,23?,25?,26?,27-,28-,29?,30?,31?,32?,33?,34?,35?,38+,39-,40-,41+,42?;/m0./s1. The molecule has 12 unspecified atom stereocenters. The van der Waals surface area contributed by atoms with Crippen LogP contribution in [0.5, 0.6) is 0 Å². The molecule has 16 nitrogen and oxygen atoms in total. The van der Waals surface area contributed by atoms with Crippen molar-refractivity contribution in [3.8, 4) is 0 Å². The number of carbonyl (C=O) groups excluding carboxylic acids is 1. The van der Waals surface area contributed by atoms with Crippen LogP contribution < -0.4 is 29.6 Å². The van der Waals surface area contributed by atoms with Crippen molar-refractivity contribution in [1.29, 1.82) is 0 Å². The zero-order chi connectivity index (χ0) is 43.5. The number of rotatable bonds is 10. The average Bonchev–Trinajstić information content (AvgIpc) is 3.13. The van der Waals surface area contributed by atoms with Gasteiger partial charge in [-0.05, 0) is 106 Å². The first-order chi connectivity index (χ1) is 27.2. The number of hydrogen-bond acceptors (Lipinski definition) is 16. The molecule has 60 heavy (non-hydrogen) atoms.